The maximum Gasteiger partial charge on any atom is 0.275 e. The first-order chi connectivity index (χ1) is 12.7. The van der Waals surface area contributed by atoms with Crippen LogP contribution in [0.4, 0.5) is 5.69 Å². The molecule has 1 aromatic heterocycles. The van der Waals surface area contributed by atoms with Gasteiger partial charge in [-0.25, -0.2) is 8.42 Å². The number of hydrazine groups is 1. The number of amides is 1. The molecule has 2 aromatic carbocycles. The fraction of sp³-hybridized carbons (Fsp3) is 0.0625. The molecule has 0 radical (unpaired) electrons. The van der Waals surface area contributed by atoms with Crippen molar-refractivity contribution in [3.8, 4) is 0 Å². The van der Waals surface area contributed by atoms with Crippen molar-refractivity contribution in [3.63, 3.8) is 0 Å². The largest absolute Gasteiger partial charge is 0.360 e. The number of nitro benzene ring substituents is 1. The first kappa shape index (κ1) is 18.8. The second kappa shape index (κ2) is 6.99. The minimum Gasteiger partial charge on any atom is -0.360 e. The van der Waals surface area contributed by atoms with Crippen molar-refractivity contribution in [3.05, 3.63) is 68.9 Å². The Kier molecular flexibility index (Phi) is 4.87. The zero-order valence-corrected chi connectivity index (χ0v) is 15.4. The number of sulfonamides is 1. The van der Waals surface area contributed by atoms with Crippen molar-refractivity contribution in [1.29, 1.82) is 0 Å². The SMILES string of the molecule is Cc1c(Cl)cc(S(=O)(=O)NNC(=O)c2c[nH]c3ccccc23)cc1[N+](=O)[O-]. The Labute approximate surface area is 158 Å². The van der Waals surface area contributed by atoms with E-state index < -0.39 is 31.4 Å². The van der Waals surface area contributed by atoms with Crippen molar-refractivity contribution < 1.29 is 18.1 Å². The maximum atomic E-state index is 12.4. The number of aromatic amines is 1. The minimum atomic E-state index is -4.28. The fourth-order valence-electron chi connectivity index (χ4n) is 2.48. The molecule has 0 unspecified atom stereocenters. The van der Waals surface area contributed by atoms with E-state index in [0.717, 1.165) is 12.1 Å². The van der Waals surface area contributed by atoms with E-state index in [9.17, 15) is 23.3 Å². The molecule has 3 N–H and O–H groups in total. The Bertz CT molecular complexity index is 1170. The summed E-state index contributed by atoms with van der Waals surface area (Å²) in [6, 6.07) is 8.95. The normalized spacial score (nSPS) is 11.5. The Balaban J connectivity index is 1.85. The van der Waals surface area contributed by atoms with Crippen LogP contribution in [0.25, 0.3) is 10.9 Å². The van der Waals surface area contributed by atoms with Crippen LogP contribution >= 0.6 is 11.6 Å². The third-order valence-electron chi connectivity index (χ3n) is 3.93. The lowest BCUT2D eigenvalue weighted by Crippen LogP contribution is -2.41. The monoisotopic (exact) mass is 408 g/mol. The van der Waals surface area contributed by atoms with Gasteiger partial charge in [0.15, 0.2) is 0 Å². The zero-order chi connectivity index (χ0) is 19.8. The summed E-state index contributed by atoms with van der Waals surface area (Å²) in [6.07, 6.45) is 1.45. The van der Waals surface area contributed by atoms with Gasteiger partial charge < -0.3 is 4.98 Å². The number of nitrogens with one attached hydrogen (secondary N) is 3. The molecule has 27 heavy (non-hydrogen) atoms. The fourth-order valence-corrected chi connectivity index (χ4v) is 3.65. The van der Waals surface area contributed by atoms with Crippen molar-refractivity contribution in [2.45, 2.75) is 11.8 Å². The predicted octanol–water partition coefficient (Wildman–Crippen LogP) is 2.66. The number of rotatable bonds is 5. The molecule has 0 saturated heterocycles. The Morgan fingerprint density at radius 2 is 1.96 bits per heavy atom. The van der Waals surface area contributed by atoms with E-state index in [1.165, 1.54) is 13.1 Å². The molecular formula is C16H13ClN4O5S. The number of hydrogen-bond acceptors (Lipinski definition) is 5. The number of benzene rings is 2. The number of hydrogen-bond donors (Lipinski definition) is 3. The van der Waals surface area contributed by atoms with Gasteiger partial charge in [0.05, 0.1) is 20.4 Å². The predicted molar refractivity (Wildman–Crippen MR) is 98.9 cm³/mol. The lowest BCUT2D eigenvalue weighted by Gasteiger charge is -2.09. The molecule has 1 amide bonds. The Hall–Kier alpha value is -2.95. The molecule has 0 atom stereocenters. The Morgan fingerprint density at radius 3 is 2.67 bits per heavy atom. The molecule has 140 valence electrons. The van der Waals surface area contributed by atoms with Gasteiger partial charge in [0.25, 0.3) is 21.6 Å². The first-order valence-corrected chi connectivity index (χ1v) is 9.39. The lowest BCUT2D eigenvalue weighted by atomic mass is 10.2. The summed E-state index contributed by atoms with van der Waals surface area (Å²) in [7, 11) is -4.28. The van der Waals surface area contributed by atoms with Crippen LogP contribution in [-0.2, 0) is 10.0 Å². The second-order valence-corrected chi connectivity index (χ2v) is 7.70. The van der Waals surface area contributed by atoms with E-state index in [2.05, 4.69) is 10.4 Å². The van der Waals surface area contributed by atoms with Crippen molar-refractivity contribution >= 4 is 44.1 Å². The van der Waals surface area contributed by atoms with Crippen LogP contribution in [0, 0.1) is 17.0 Å². The van der Waals surface area contributed by atoms with Gasteiger partial charge in [-0.1, -0.05) is 29.8 Å². The second-order valence-electron chi connectivity index (χ2n) is 5.61. The number of carbonyl (C=O) groups excluding carboxylic acids is 1. The highest BCUT2D eigenvalue weighted by Gasteiger charge is 2.23. The van der Waals surface area contributed by atoms with E-state index in [1.807, 2.05) is 4.83 Å². The third-order valence-corrected chi connectivity index (χ3v) is 5.55. The highest BCUT2D eigenvalue weighted by Crippen LogP contribution is 2.29. The van der Waals surface area contributed by atoms with Crippen LogP contribution in [0.3, 0.4) is 0 Å². The highest BCUT2D eigenvalue weighted by atomic mass is 35.5. The van der Waals surface area contributed by atoms with E-state index in [0.29, 0.717) is 10.9 Å². The van der Waals surface area contributed by atoms with Gasteiger partial charge in [0, 0.05) is 28.7 Å². The number of nitro groups is 1. The third kappa shape index (κ3) is 3.63. The van der Waals surface area contributed by atoms with Gasteiger partial charge in [-0.3, -0.25) is 20.3 Å². The number of nitrogens with zero attached hydrogens (tertiary/aromatic N) is 1. The zero-order valence-electron chi connectivity index (χ0n) is 13.8. The summed E-state index contributed by atoms with van der Waals surface area (Å²) >= 11 is 5.89. The van der Waals surface area contributed by atoms with Crippen molar-refractivity contribution in [1.82, 2.24) is 15.2 Å². The summed E-state index contributed by atoms with van der Waals surface area (Å²) < 4.78 is 24.8. The molecule has 3 rings (SSSR count). The minimum absolute atomic E-state index is 0.0764. The number of fused-ring (bicyclic) bond motifs is 1. The average molecular weight is 409 g/mol. The molecule has 0 spiro atoms. The molecule has 0 fully saturated rings. The quantitative estimate of drug-likeness (QED) is 0.440. The molecule has 3 aromatic rings. The van der Waals surface area contributed by atoms with Crippen LogP contribution in [0.5, 0.6) is 0 Å². The standard InChI is InChI=1S/C16H13ClN4O5S/c1-9-13(17)6-10(7-15(9)21(23)24)27(25,26)20-19-16(22)12-8-18-14-5-3-2-4-11(12)14/h2-8,18,20H,1H3,(H,19,22). The van der Waals surface area contributed by atoms with Crippen LogP contribution in [0.2, 0.25) is 5.02 Å². The van der Waals surface area contributed by atoms with E-state index in [1.54, 1.807) is 24.3 Å². The summed E-state index contributed by atoms with van der Waals surface area (Å²) in [5.41, 5.74) is 2.74. The summed E-state index contributed by atoms with van der Waals surface area (Å²) in [4.78, 5) is 27.0. The number of carbonyl (C=O) groups is 1. The van der Waals surface area contributed by atoms with Gasteiger partial charge in [-0.15, -0.1) is 4.83 Å². The molecule has 0 saturated carbocycles. The first-order valence-electron chi connectivity index (χ1n) is 7.53. The van der Waals surface area contributed by atoms with Crippen molar-refractivity contribution in [2.75, 3.05) is 0 Å². The van der Waals surface area contributed by atoms with Crippen LogP contribution in [-0.4, -0.2) is 24.2 Å². The van der Waals surface area contributed by atoms with Crippen molar-refractivity contribution in [2.24, 2.45) is 0 Å². The molecule has 1 heterocycles. The average Bonchev–Trinajstić information content (AvgIpc) is 3.05. The topological polar surface area (TPSA) is 134 Å². The maximum absolute atomic E-state index is 12.4. The van der Waals surface area contributed by atoms with Gasteiger partial charge >= 0.3 is 0 Å². The van der Waals surface area contributed by atoms with E-state index in [-0.39, 0.29) is 16.1 Å². The van der Waals surface area contributed by atoms with E-state index in [4.69, 9.17) is 11.6 Å². The molecule has 11 heteroatoms. The smallest absolute Gasteiger partial charge is 0.275 e. The molecule has 0 bridgehead atoms. The molecule has 9 nitrogen and oxygen atoms in total. The highest BCUT2D eigenvalue weighted by molar-refractivity contribution is 7.89. The van der Waals surface area contributed by atoms with Gasteiger partial charge in [-0.05, 0) is 19.1 Å². The van der Waals surface area contributed by atoms with Gasteiger partial charge in [0.2, 0.25) is 0 Å². The number of H-pyrrole nitrogens is 1. The molecule has 0 aliphatic carbocycles. The van der Waals surface area contributed by atoms with E-state index >= 15 is 0 Å². The summed E-state index contributed by atoms with van der Waals surface area (Å²) in [5, 5.41) is 11.6. The van der Waals surface area contributed by atoms with Crippen LogP contribution in [0.15, 0.2) is 47.5 Å². The summed E-state index contributed by atoms with van der Waals surface area (Å²) in [6.45, 7) is 1.41. The molecular weight excluding hydrogens is 396 g/mol. The number of halogens is 1. The van der Waals surface area contributed by atoms with Crippen LogP contribution < -0.4 is 10.3 Å². The van der Waals surface area contributed by atoms with Crippen LogP contribution in [0.1, 0.15) is 15.9 Å². The summed E-state index contributed by atoms with van der Waals surface area (Å²) in [5.74, 6) is -0.691. The lowest BCUT2D eigenvalue weighted by molar-refractivity contribution is -0.385. The molecule has 0 aliphatic rings. The number of aromatic nitrogens is 1. The van der Waals surface area contributed by atoms with Gasteiger partial charge in [-0.2, -0.15) is 0 Å². The Morgan fingerprint density at radius 1 is 1.26 bits per heavy atom. The molecule has 0 aliphatic heterocycles. The van der Waals surface area contributed by atoms with Gasteiger partial charge in [0.1, 0.15) is 0 Å². The number of para-hydroxylation sites is 1.